The molecule has 2 rings (SSSR count). The van der Waals surface area contributed by atoms with E-state index in [9.17, 15) is 0 Å². The van der Waals surface area contributed by atoms with Crippen molar-refractivity contribution in [1.29, 1.82) is 0 Å². The Morgan fingerprint density at radius 1 is 1.19 bits per heavy atom. The number of nitrogens with zero attached hydrogens (tertiary/aromatic N) is 2. The zero-order valence-electron chi connectivity index (χ0n) is 16.9. The largest absolute Gasteiger partial charge is 0.381 e. The molecule has 0 saturated carbocycles. The number of aryl methyl sites for hydroxylation is 2. The number of hydrogen-bond acceptors (Lipinski definition) is 5. The second-order valence-corrected chi connectivity index (χ2v) is 6.40. The normalized spacial score (nSPS) is 15.4. The van der Waals surface area contributed by atoms with Crippen LogP contribution in [0.2, 0.25) is 0 Å². The van der Waals surface area contributed by atoms with E-state index in [1.807, 2.05) is 0 Å². The van der Waals surface area contributed by atoms with Crippen molar-refractivity contribution in [3.8, 4) is 0 Å². The maximum atomic E-state index is 5.90. The number of aromatic nitrogens is 1. The maximum Gasteiger partial charge on any atom is 0.191 e. The van der Waals surface area contributed by atoms with Gasteiger partial charge in [0.2, 0.25) is 0 Å². The van der Waals surface area contributed by atoms with Crippen LogP contribution in [0, 0.1) is 0 Å². The highest BCUT2D eigenvalue weighted by molar-refractivity contribution is 14.0. The standard InChI is InChI=1S/C19H34N4O3.HI/c1-4-17-16(18(5-2)26-23-17)14-22-19(20-6-3)21-10-7-11-25-15-8-12-24-13-9-15;/h15H,4-14H2,1-3H3,(H2,20,21,22);1H. The van der Waals surface area contributed by atoms with Gasteiger partial charge in [-0.1, -0.05) is 19.0 Å². The Morgan fingerprint density at radius 2 is 1.96 bits per heavy atom. The second-order valence-electron chi connectivity index (χ2n) is 6.40. The monoisotopic (exact) mass is 494 g/mol. The minimum atomic E-state index is 0. The van der Waals surface area contributed by atoms with Crippen LogP contribution in [0.15, 0.2) is 9.52 Å². The van der Waals surface area contributed by atoms with Crippen LogP contribution in [0.1, 0.15) is 57.1 Å². The number of nitrogens with one attached hydrogen (secondary N) is 2. The van der Waals surface area contributed by atoms with E-state index in [1.165, 1.54) is 0 Å². The minimum absolute atomic E-state index is 0. The molecule has 1 fully saturated rings. The van der Waals surface area contributed by atoms with Crippen molar-refractivity contribution in [3.63, 3.8) is 0 Å². The van der Waals surface area contributed by atoms with Crippen LogP contribution >= 0.6 is 24.0 Å². The Balaban J connectivity index is 0.00000364. The Kier molecular flexibility index (Phi) is 12.7. The highest BCUT2D eigenvalue weighted by Crippen LogP contribution is 2.16. The van der Waals surface area contributed by atoms with Crippen molar-refractivity contribution >= 4 is 29.9 Å². The molecule has 0 spiro atoms. The lowest BCUT2D eigenvalue weighted by Gasteiger charge is -2.22. The van der Waals surface area contributed by atoms with Gasteiger partial charge in [0.05, 0.1) is 18.3 Å². The van der Waals surface area contributed by atoms with Crippen LogP contribution in [0.3, 0.4) is 0 Å². The average Bonchev–Trinajstić information content (AvgIpc) is 3.08. The van der Waals surface area contributed by atoms with Gasteiger partial charge in [0.25, 0.3) is 0 Å². The fourth-order valence-corrected chi connectivity index (χ4v) is 2.99. The summed E-state index contributed by atoms with van der Waals surface area (Å²) in [6, 6.07) is 0. The summed E-state index contributed by atoms with van der Waals surface area (Å²) < 4.78 is 16.7. The number of hydrogen-bond donors (Lipinski definition) is 2. The molecule has 1 aliphatic heterocycles. The summed E-state index contributed by atoms with van der Waals surface area (Å²) in [6.45, 7) is 10.9. The van der Waals surface area contributed by atoms with Gasteiger partial charge < -0.3 is 24.6 Å². The second kappa shape index (κ2) is 14.2. The van der Waals surface area contributed by atoms with Crippen molar-refractivity contribution < 1.29 is 14.0 Å². The summed E-state index contributed by atoms with van der Waals surface area (Å²) in [4.78, 5) is 4.70. The van der Waals surface area contributed by atoms with E-state index in [0.717, 1.165) is 88.0 Å². The van der Waals surface area contributed by atoms with E-state index in [1.54, 1.807) is 0 Å². The van der Waals surface area contributed by atoms with Crippen LogP contribution in [0.5, 0.6) is 0 Å². The molecule has 8 heteroatoms. The molecule has 2 N–H and O–H groups in total. The van der Waals surface area contributed by atoms with Gasteiger partial charge in [0.1, 0.15) is 5.76 Å². The molecule has 2 heterocycles. The van der Waals surface area contributed by atoms with E-state index in [0.29, 0.717) is 12.6 Å². The zero-order valence-corrected chi connectivity index (χ0v) is 19.2. The molecule has 0 bridgehead atoms. The van der Waals surface area contributed by atoms with Gasteiger partial charge in [0, 0.05) is 44.9 Å². The quantitative estimate of drug-likeness (QED) is 0.225. The van der Waals surface area contributed by atoms with Crippen molar-refractivity contribution in [2.75, 3.05) is 32.9 Å². The molecule has 1 aliphatic rings. The molecule has 0 aromatic carbocycles. The Bertz CT molecular complexity index is 524. The molecule has 7 nitrogen and oxygen atoms in total. The molecule has 0 radical (unpaired) electrons. The van der Waals surface area contributed by atoms with Gasteiger partial charge in [-0.3, -0.25) is 0 Å². The molecule has 1 aromatic rings. The van der Waals surface area contributed by atoms with Crippen LogP contribution in [0.25, 0.3) is 0 Å². The summed E-state index contributed by atoms with van der Waals surface area (Å²) >= 11 is 0. The number of halogens is 1. The van der Waals surface area contributed by atoms with Gasteiger partial charge in [-0.15, -0.1) is 24.0 Å². The van der Waals surface area contributed by atoms with Crippen LogP contribution in [-0.4, -0.2) is 50.1 Å². The number of rotatable bonds is 10. The minimum Gasteiger partial charge on any atom is -0.381 e. The first-order valence-electron chi connectivity index (χ1n) is 9.96. The van der Waals surface area contributed by atoms with Gasteiger partial charge in [-0.25, -0.2) is 4.99 Å². The number of ether oxygens (including phenoxy) is 2. The van der Waals surface area contributed by atoms with Gasteiger partial charge in [-0.2, -0.15) is 0 Å². The Morgan fingerprint density at radius 3 is 2.63 bits per heavy atom. The fourth-order valence-electron chi connectivity index (χ4n) is 2.99. The topological polar surface area (TPSA) is 80.9 Å². The summed E-state index contributed by atoms with van der Waals surface area (Å²) in [5.41, 5.74) is 2.13. The SMILES string of the molecule is CCNC(=NCc1c(CC)noc1CC)NCCCOC1CCOCC1.I. The van der Waals surface area contributed by atoms with Gasteiger partial charge in [0.15, 0.2) is 5.96 Å². The maximum absolute atomic E-state index is 5.90. The smallest absolute Gasteiger partial charge is 0.191 e. The molecule has 156 valence electrons. The molecule has 0 unspecified atom stereocenters. The lowest BCUT2D eigenvalue weighted by atomic mass is 10.1. The third-order valence-corrected chi connectivity index (χ3v) is 4.48. The highest BCUT2D eigenvalue weighted by atomic mass is 127. The van der Waals surface area contributed by atoms with Crippen LogP contribution in [0.4, 0.5) is 0 Å². The predicted molar refractivity (Wildman–Crippen MR) is 118 cm³/mol. The first-order valence-corrected chi connectivity index (χ1v) is 9.96. The Hall–Kier alpha value is -0.870. The molecule has 27 heavy (non-hydrogen) atoms. The summed E-state index contributed by atoms with van der Waals surface area (Å²) in [5.74, 6) is 1.76. The fraction of sp³-hybridized carbons (Fsp3) is 0.789. The first-order chi connectivity index (χ1) is 12.8. The molecule has 1 aromatic heterocycles. The summed E-state index contributed by atoms with van der Waals surface area (Å²) in [6.07, 6.45) is 5.04. The van der Waals surface area contributed by atoms with Crippen LogP contribution < -0.4 is 10.6 Å². The predicted octanol–water partition coefficient (Wildman–Crippen LogP) is 3.06. The molecule has 0 aliphatic carbocycles. The molecular weight excluding hydrogens is 459 g/mol. The number of guanidine groups is 1. The van der Waals surface area contributed by atoms with Crippen molar-refractivity contribution in [3.05, 3.63) is 17.0 Å². The lowest BCUT2D eigenvalue weighted by molar-refractivity contribution is -0.0320. The van der Waals surface area contributed by atoms with E-state index in [4.69, 9.17) is 19.0 Å². The summed E-state index contributed by atoms with van der Waals surface area (Å²) in [7, 11) is 0. The molecule has 0 amide bonds. The zero-order chi connectivity index (χ0) is 18.6. The third kappa shape index (κ3) is 8.35. The van der Waals surface area contributed by atoms with Crippen molar-refractivity contribution in [1.82, 2.24) is 15.8 Å². The highest BCUT2D eigenvalue weighted by Gasteiger charge is 2.14. The van der Waals surface area contributed by atoms with E-state index >= 15 is 0 Å². The van der Waals surface area contributed by atoms with Crippen LogP contribution in [-0.2, 0) is 28.9 Å². The van der Waals surface area contributed by atoms with Crippen molar-refractivity contribution in [2.24, 2.45) is 4.99 Å². The van der Waals surface area contributed by atoms with E-state index in [-0.39, 0.29) is 24.0 Å². The molecule has 0 atom stereocenters. The molecular formula is C19H35IN4O3. The Labute approximate surface area is 180 Å². The summed E-state index contributed by atoms with van der Waals surface area (Å²) in [5, 5.41) is 10.8. The van der Waals surface area contributed by atoms with Crippen molar-refractivity contribution in [2.45, 2.75) is 65.5 Å². The lowest BCUT2D eigenvalue weighted by Crippen LogP contribution is -2.38. The van der Waals surface area contributed by atoms with Gasteiger partial charge >= 0.3 is 0 Å². The third-order valence-electron chi connectivity index (χ3n) is 4.48. The first kappa shape index (κ1) is 24.2. The van der Waals surface area contributed by atoms with Gasteiger partial charge in [-0.05, 0) is 32.6 Å². The number of aliphatic imine (C=N–C) groups is 1. The average molecular weight is 494 g/mol. The van der Waals surface area contributed by atoms with E-state index < -0.39 is 0 Å². The van der Waals surface area contributed by atoms with E-state index in [2.05, 4.69) is 36.6 Å². The molecule has 1 saturated heterocycles.